The van der Waals surface area contributed by atoms with Gasteiger partial charge in [0, 0.05) is 36.8 Å². The molecule has 148 valence electrons. The van der Waals surface area contributed by atoms with E-state index in [9.17, 15) is 0 Å². The van der Waals surface area contributed by atoms with Crippen LogP contribution in [0.5, 0.6) is 0 Å². The molecule has 3 nitrogen and oxygen atoms in total. The summed E-state index contributed by atoms with van der Waals surface area (Å²) >= 11 is 0. The first-order valence-electron chi connectivity index (χ1n) is 10.3. The molecular weight excluding hydrogens is 366 g/mol. The number of hydrogen-bond acceptors (Lipinski definition) is 2. The zero-order valence-electron chi connectivity index (χ0n) is 17.3. The van der Waals surface area contributed by atoms with E-state index < -0.39 is 0 Å². The standard InChI is InChI=1S/C27H25N3/c1-21-28(2)19-20-29(21)26-17-10-18-30(26)27-24(22-11-5-3-6-12-22)15-9-16-25(27)23-13-7-4-8-14-23/h3-21H,1-2H3/t21-/m0/s1. The quantitative estimate of drug-likeness (QED) is 0.400. The van der Waals surface area contributed by atoms with Gasteiger partial charge in [0.25, 0.3) is 0 Å². The summed E-state index contributed by atoms with van der Waals surface area (Å²) in [5, 5.41) is 0. The largest absolute Gasteiger partial charge is 0.359 e. The molecule has 2 heterocycles. The second kappa shape index (κ2) is 7.60. The van der Waals surface area contributed by atoms with Gasteiger partial charge in [-0.3, -0.25) is 0 Å². The summed E-state index contributed by atoms with van der Waals surface area (Å²) in [7, 11) is 2.11. The van der Waals surface area contributed by atoms with Gasteiger partial charge in [-0.25, -0.2) is 0 Å². The Kier molecular flexibility index (Phi) is 4.64. The first kappa shape index (κ1) is 18.3. The molecule has 4 aromatic rings. The van der Waals surface area contributed by atoms with Crippen molar-refractivity contribution in [2.45, 2.75) is 13.1 Å². The molecule has 3 aromatic carbocycles. The van der Waals surface area contributed by atoms with Crippen molar-refractivity contribution in [3.63, 3.8) is 0 Å². The smallest absolute Gasteiger partial charge is 0.118 e. The molecule has 0 fully saturated rings. The molecule has 0 unspecified atom stereocenters. The number of hydrogen-bond donors (Lipinski definition) is 0. The molecule has 5 rings (SSSR count). The molecule has 3 heteroatoms. The van der Waals surface area contributed by atoms with E-state index in [1.54, 1.807) is 0 Å². The van der Waals surface area contributed by atoms with Gasteiger partial charge in [-0.05, 0) is 30.2 Å². The minimum Gasteiger partial charge on any atom is -0.359 e. The van der Waals surface area contributed by atoms with Crippen molar-refractivity contribution in [1.82, 2.24) is 9.47 Å². The summed E-state index contributed by atoms with van der Waals surface area (Å²) in [6.07, 6.45) is 6.72. The molecule has 1 atom stereocenters. The zero-order chi connectivity index (χ0) is 20.5. The Hall–Kier alpha value is -3.72. The van der Waals surface area contributed by atoms with Crippen molar-refractivity contribution >= 4 is 5.82 Å². The Morgan fingerprint density at radius 2 is 1.23 bits per heavy atom. The molecule has 1 aromatic heterocycles. The van der Waals surface area contributed by atoms with Gasteiger partial charge in [-0.2, -0.15) is 0 Å². The van der Waals surface area contributed by atoms with Crippen molar-refractivity contribution in [2.75, 3.05) is 11.9 Å². The van der Waals surface area contributed by atoms with E-state index in [0.717, 1.165) is 5.82 Å². The van der Waals surface area contributed by atoms with Crippen LogP contribution in [-0.2, 0) is 0 Å². The van der Waals surface area contributed by atoms with Gasteiger partial charge >= 0.3 is 0 Å². The van der Waals surface area contributed by atoms with Crippen LogP contribution < -0.4 is 4.90 Å². The van der Waals surface area contributed by atoms with Crippen LogP contribution in [-0.4, -0.2) is 22.7 Å². The van der Waals surface area contributed by atoms with E-state index in [-0.39, 0.29) is 6.17 Å². The lowest BCUT2D eigenvalue weighted by Crippen LogP contribution is -2.34. The highest BCUT2D eigenvalue weighted by Gasteiger charge is 2.24. The third kappa shape index (κ3) is 3.09. The molecule has 0 amide bonds. The highest BCUT2D eigenvalue weighted by Crippen LogP contribution is 2.38. The van der Waals surface area contributed by atoms with Crippen molar-refractivity contribution in [1.29, 1.82) is 0 Å². The van der Waals surface area contributed by atoms with Gasteiger partial charge in [0.05, 0.1) is 5.69 Å². The molecule has 0 radical (unpaired) electrons. The Bertz CT molecular complexity index is 1120. The van der Waals surface area contributed by atoms with Gasteiger partial charge in [0.1, 0.15) is 12.0 Å². The summed E-state index contributed by atoms with van der Waals surface area (Å²) in [5.74, 6) is 1.16. The summed E-state index contributed by atoms with van der Waals surface area (Å²) in [4.78, 5) is 4.54. The van der Waals surface area contributed by atoms with E-state index in [2.05, 4.69) is 138 Å². The maximum Gasteiger partial charge on any atom is 0.118 e. The fraction of sp³-hybridized carbons (Fsp3) is 0.111. The lowest BCUT2D eigenvalue weighted by molar-refractivity contribution is 0.381. The van der Waals surface area contributed by atoms with Crippen molar-refractivity contribution in [3.05, 3.63) is 110 Å². The molecule has 0 N–H and O–H groups in total. The molecule has 0 saturated carbocycles. The summed E-state index contributed by atoms with van der Waals surface area (Å²) < 4.78 is 2.32. The zero-order valence-corrected chi connectivity index (χ0v) is 17.3. The van der Waals surface area contributed by atoms with E-state index >= 15 is 0 Å². The van der Waals surface area contributed by atoms with Crippen molar-refractivity contribution in [2.24, 2.45) is 0 Å². The maximum atomic E-state index is 2.32. The van der Waals surface area contributed by atoms with E-state index in [1.807, 2.05) is 0 Å². The monoisotopic (exact) mass is 391 g/mol. The number of anilines is 1. The molecular formula is C27H25N3. The molecule has 0 bridgehead atoms. The minimum absolute atomic E-state index is 0.266. The van der Waals surface area contributed by atoms with Crippen LogP contribution >= 0.6 is 0 Å². The van der Waals surface area contributed by atoms with Crippen LogP contribution in [0.15, 0.2) is 110 Å². The third-order valence-corrected chi connectivity index (χ3v) is 5.89. The highest BCUT2D eigenvalue weighted by molar-refractivity contribution is 5.86. The highest BCUT2D eigenvalue weighted by atomic mass is 15.4. The van der Waals surface area contributed by atoms with E-state index in [0.29, 0.717) is 0 Å². The topological polar surface area (TPSA) is 11.4 Å². The van der Waals surface area contributed by atoms with Crippen LogP contribution in [0.1, 0.15) is 6.92 Å². The van der Waals surface area contributed by atoms with Crippen LogP contribution in [0.25, 0.3) is 27.9 Å². The number of nitrogens with zero attached hydrogens (tertiary/aromatic N) is 3. The molecule has 0 saturated heterocycles. The number of benzene rings is 3. The van der Waals surface area contributed by atoms with Gasteiger partial charge in [0.2, 0.25) is 0 Å². The van der Waals surface area contributed by atoms with Crippen LogP contribution in [0, 0.1) is 0 Å². The Balaban J connectivity index is 1.76. The average molecular weight is 392 g/mol. The predicted molar refractivity (Wildman–Crippen MR) is 125 cm³/mol. The van der Waals surface area contributed by atoms with Crippen LogP contribution in [0.3, 0.4) is 0 Å². The SMILES string of the molecule is C[C@H]1N(C)C=CN1c1cccn1-c1c(-c2ccccc2)cccc1-c1ccccc1. The first-order chi connectivity index (χ1) is 14.7. The average Bonchev–Trinajstić information content (AvgIpc) is 3.41. The number of rotatable bonds is 4. The lowest BCUT2D eigenvalue weighted by Gasteiger charge is -2.29. The fourth-order valence-electron chi connectivity index (χ4n) is 4.17. The summed E-state index contributed by atoms with van der Waals surface area (Å²) in [6, 6.07) is 32.2. The van der Waals surface area contributed by atoms with Gasteiger partial charge in [-0.1, -0.05) is 78.9 Å². The molecule has 1 aliphatic rings. The van der Waals surface area contributed by atoms with E-state index in [4.69, 9.17) is 0 Å². The number of para-hydroxylation sites is 1. The molecule has 0 aliphatic carbocycles. The maximum absolute atomic E-state index is 2.32. The second-order valence-corrected chi connectivity index (χ2v) is 7.67. The predicted octanol–water partition coefficient (Wildman–Crippen LogP) is 6.38. The van der Waals surface area contributed by atoms with Crippen LogP contribution in [0.4, 0.5) is 5.82 Å². The lowest BCUT2D eigenvalue weighted by atomic mass is 9.95. The van der Waals surface area contributed by atoms with E-state index in [1.165, 1.54) is 27.9 Å². The van der Waals surface area contributed by atoms with Gasteiger partial charge in [-0.15, -0.1) is 0 Å². The molecule has 1 aliphatic heterocycles. The fourth-order valence-corrected chi connectivity index (χ4v) is 4.17. The normalized spacial score (nSPS) is 15.7. The Morgan fingerprint density at radius 3 is 1.77 bits per heavy atom. The van der Waals surface area contributed by atoms with Crippen molar-refractivity contribution in [3.8, 4) is 27.9 Å². The summed E-state index contributed by atoms with van der Waals surface area (Å²) in [6.45, 7) is 2.22. The second-order valence-electron chi connectivity index (χ2n) is 7.67. The third-order valence-electron chi connectivity index (χ3n) is 5.89. The molecule has 30 heavy (non-hydrogen) atoms. The summed E-state index contributed by atoms with van der Waals surface area (Å²) in [5.41, 5.74) is 6.07. The van der Waals surface area contributed by atoms with Crippen molar-refractivity contribution < 1.29 is 0 Å². The van der Waals surface area contributed by atoms with Gasteiger partial charge in [0.15, 0.2) is 0 Å². The van der Waals surface area contributed by atoms with Crippen LogP contribution in [0.2, 0.25) is 0 Å². The molecule has 0 spiro atoms. The Labute approximate surface area is 178 Å². The first-order valence-corrected chi connectivity index (χ1v) is 10.3. The van der Waals surface area contributed by atoms with Gasteiger partial charge < -0.3 is 14.4 Å². The minimum atomic E-state index is 0.266. The Morgan fingerprint density at radius 1 is 0.633 bits per heavy atom. The number of aromatic nitrogens is 1.